The first-order valence-corrected chi connectivity index (χ1v) is 8.06. The molecule has 2 N–H and O–H groups in total. The quantitative estimate of drug-likeness (QED) is 0.824. The molecule has 6 heteroatoms. The van der Waals surface area contributed by atoms with Crippen LogP contribution in [0.5, 0.6) is 0 Å². The molecule has 3 rings (SSSR count). The summed E-state index contributed by atoms with van der Waals surface area (Å²) in [6.45, 7) is 3.48. The van der Waals surface area contributed by atoms with Crippen molar-refractivity contribution in [3.63, 3.8) is 0 Å². The number of piperazine rings is 1. The summed E-state index contributed by atoms with van der Waals surface area (Å²) < 4.78 is 0. The van der Waals surface area contributed by atoms with Gasteiger partial charge in [-0.15, -0.1) is 0 Å². The maximum Gasteiger partial charge on any atom is 0.261 e. The van der Waals surface area contributed by atoms with E-state index in [0.29, 0.717) is 19.6 Å². The van der Waals surface area contributed by atoms with Gasteiger partial charge in [0.05, 0.1) is 6.61 Å². The number of carbonyl (C=O) groups is 1. The Morgan fingerprint density at radius 2 is 1.91 bits per heavy atom. The molecule has 0 aromatic carbocycles. The molecule has 2 aliphatic rings. The second-order valence-corrected chi connectivity index (χ2v) is 6.08. The zero-order chi connectivity index (χ0) is 15.5. The summed E-state index contributed by atoms with van der Waals surface area (Å²) in [4.78, 5) is 31.6. The van der Waals surface area contributed by atoms with Gasteiger partial charge in [0.2, 0.25) is 0 Å². The van der Waals surface area contributed by atoms with Crippen LogP contribution in [0.4, 0.5) is 0 Å². The normalized spacial score (nSPS) is 19.0. The lowest BCUT2D eigenvalue weighted by molar-refractivity contribution is 0.0613. The Morgan fingerprint density at radius 1 is 1.18 bits per heavy atom. The van der Waals surface area contributed by atoms with Gasteiger partial charge in [0, 0.05) is 38.4 Å². The van der Waals surface area contributed by atoms with Crippen LogP contribution in [0, 0.1) is 0 Å². The van der Waals surface area contributed by atoms with E-state index in [1.807, 2.05) is 0 Å². The number of rotatable bonds is 3. The minimum atomic E-state index is -0.261. The minimum absolute atomic E-state index is 0.137. The number of hydrogen-bond donors (Lipinski definition) is 2. The lowest BCUT2D eigenvalue weighted by Gasteiger charge is -2.34. The molecular formula is C16H23N3O3. The summed E-state index contributed by atoms with van der Waals surface area (Å²) in [5.41, 5.74) is 2.13. The first-order chi connectivity index (χ1) is 10.7. The van der Waals surface area contributed by atoms with Crippen molar-refractivity contribution in [1.82, 2.24) is 14.8 Å². The molecule has 0 spiro atoms. The third-order valence-corrected chi connectivity index (χ3v) is 4.64. The maximum atomic E-state index is 12.6. The molecule has 0 bridgehead atoms. The Balaban J connectivity index is 1.74. The molecule has 0 saturated carbocycles. The SMILES string of the molecule is O=C(c1cc2c([nH]c1=O)CCCC2)N1CCN(CCO)CC1. The first-order valence-electron chi connectivity index (χ1n) is 8.06. The van der Waals surface area contributed by atoms with E-state index in [0.717, 1.165) is 50.0 Å². The lowest BCUT2D eigenvalue weighted by Crippen LogP contribution is -2.50. The number of nitrogens with zero attached hydrogens (tertiary/aromatic N) is 2. The highest BCUT2D eigenvalue weighted by molar-refractivity contribution is 5.94. The lowest BCUT2D eigenvalue weighted by atomic mass is 9.95. The van der Waals surface area contributed by atoms with Crippen LogP contribution in [0.25, 0.3) is 0 Å². The largest absolute Gasteiger partial charge is 0.395 e. The predicted molar refractivity (Wildman–Crippen MR) is 83.1 cm³/mol. The number of carbonyl (C=O) groups excluding carboxylic acids is 1. The van der Waals surface area contributed by atoms with Crippen LogP contribution in [-0.4, -0.2) is 65.1 Å². The summed E-state index contributed by atoms with van der Waals surface area (Å²) >= 11 is 0. The smallest absolute Gasteiger partial charge is 0.261 e. The maximum absolute atomic E-state index is 12.6. The van der Waals surface area contributed by atoms with Gasteiger partial charge in [-0.05, 0) is 37.3 Å². The number of aryl methyl sites for hydroxylation is 2. The van der Waals surface area contributed by atoms with Crippen molar-refractivity contribution in [2.45, 2.75) is 25.7 Å². The summed E-state index contributed by atoms with van der Waals surface area (Å²) in [5, 5.41) is 8.95. The molecule has 1 aromatic rings. The Morgan fingerprint density at radius 3 is 2.64 bits per heavy atom. The third-order valence-electron chi connectivity index (χ3n) is 4.64. The number of H-pyrrole nitrogens is 1. The number of β-amino-alcohol motifs (C(OH)–C–C–N with tert-alkyl or cyclic N) is 1. The van der Waals surface area contributed by atoms with Crippen LogP contribution < -0.4 is 5.56 Å². The van der Waals surface area contributed by atoms with Crippen molar-refractivity contribution >= 4 is 5.91 Å². The average molecular weight is 305 g/mol. The van der Waals surface area contributed by atoms with Crippen LogP contribution in [0.2, 0.25) is 0 Å². The van der Waals surface area contributed by atoms with Gasteiger partial charge in [-0.25, -0.2) is 0 Å². The zero-order valence-electron chi connectivity index (χ0n) is 12.8. The number of nitrogens with one attached hydrogen (secondary N) is 1. The van der Waals surface area contributed by atoms with E-state index in [2.05, 4.69) is 9.88 Å². The number of aromatic amines is 1. The molecular weight excluding hydrogens is 282 g/mol. The Bertz CT molecular complexity index is 603. The van der Waals surface area contributed by atoms with Crippen molar-refractivity contribution < 1.29 is 9.90 Å². The van der Waals surface area contributed by atoms with Crippen LogP contribution in [0.15, 0.2) is 10.9 Å². The molecule has 1 saturated heterocycles. The summed E-state index contributed by atoms with van der Waals surface area (Å²) in [6, 6.07) is 1.80. The van der Waals surface area contributed by atoms with Crippen LogP contribution in [-0.2, 0) is 12.8 Å². The molecule has 0 radical (unpaired) electrons. The molecule has 1 aliphatic carbocycles. The summed E-state index contributed by atoms with van der Waals surface area (Å²) in [5.74, 6) is -0.168. The first kappa shape index (κ1) is 15.2. The van der Waals surface area contributed by atoms with E-state index >= 15 is 0 Å². The van der Waals surface area contributed by atoms with Gasteiger partial charge in [0.1, 0.15) is 5.56 Å². The van der Waals surface area contributed by atoms with Crippen molar-refractivity contribution in [3.05, 3.63) is 33.2 Å². The molecule has 1 fully saturated rings. The fourth-order valence-corrected chi connectivity index (χ4v) is 3.32. The molecule has 1 aliphatic heterocycles. The van der Waals surface area contributed by atoms with E-state index in [-0.39, 0.29) is 23.6 Å². The van der Waals surface area contributed by atoms with Crippen LogP contribution in [0.1, 0.15) is 34.5 Å². The number of amides is 1. The molecule has 2 heterocycles. The van der Waals surface area contributed by atoms with Gasteiger partial charge < -0.3 is 15.0 Å². The van der Waals surface area contributed by atoms with Crippen molar-refractivity contribution in [2.24, 2.45) is 0 Å². The minimum Gasteiger partial charge on any atom is -0.395 e. The van der Waals surface area contributed by atoms with Gasteiger partial charge in [0.25, 0.3) is 11.5 Å². The van der Waals surface area contributed by atoms with Crippen molar-refractivity contribution in [2.75, 3.05) is 39.3 Å². The number of pyridine rings is 1. The van der Waals surface area contributed by atoms with Crippen LogP contribution >= 0.6 is 0 Å². The number of aliphatic hydroxyl groups excluding tert-OH is 1. The monoisotopic (exact) mass is 305 g/mol. The third kappa shape index (κ3) is 3.08. The second kappa shape index (κ2) is 6.62. The van der Waals surface area contributed by atoms with Crippen LogP contribution in [0.3, 0.4) is 0 Å². The highest BCUT2D eigenvalue weighted by Gasteiger charge is 2.25. The number of aliphatic hydroxyl groups is 1. The van der Waals surface area contributed by atoms with Gasteiger partial charge in [-0.3, -0.25) is 14.5 Å². The number of aromatic nitrogens is 1. The Hall–Kier alpha value is -1.66. The fraction of sp³-hybridized carbons (Fsp3) is 0.625. The summed E-state index contributed by atoms with van der Waals surface area (Å²) in [6.07, 6.45) is 4.06. The molecule has 1 aromatic heterocycles. The van der Waals surface area contributed by atoms with Gasteiger partial charge in [-0.1, -0.05) is 0 Å². The van der Waals surface area contributed by atoms with Gasteiger partial charge in [-0.2, -0.15) is 0 Å². The van der Waals surface area contributed by atoms with E-state index < -0.39 is 0 Å². The molecule has 0 atom stereocenters. The topological polar surface area (TPSA) is 76.6 Å². The van der Waals surface area contributed by atoms with E-state index in [4.69, 9.17) is 5.11 Å². The second-order valence-electron chi connectivity index (χ2n) is 6.08. The standard InChI is InChI=1S/C16H23N3O3/c20-10-9-18-5-7-19(8-6-18)16(22)13-11-12-3-1-2-4-14(12)17-15(13)21/h11,20H,1-10H2,(H,17,21). The molecule has 1 amide bonds. The highest BCUT2D eigenvalue weighted by atomic mass is 16.3. The van der Waals surface area contributed by atoms with Crippen molar-refractivity contribution in [3.8, 4) is 0 Å². The Labute approximate surface area is 129 Å². The number of hydrogen-bond acceptors (Lipinski definition) is 4. The highest BCUT2D eigenvalue weighted by Crippen LogP contribution is 2.19. The van der Waals surface area contributed by atoms with E-state index in [1.54, 1.807) is 11.0 Å². The molecule has 120 valence electrons. The average Bonchev–Trinajstić information content (AvgIpc) is 2.54. The molecule has 22 heavy (non-hydrogen) atoms. The molecule has 0 unspecified atom stereocenters. The van der Waals surface area contributed by atoms with E-state index in [1.165, 1.54) is 0 Å². The Kier molecular flexibility index (Phi) is 4.59. The van der Waals surface area contributed by atoms with Crippen molar-refractivity contribution in [1.29, 1.82) is 0 Å². The predicted octanol–water partition coefficient (Wildman–Crippen LogP) is 0.00380. The fourth-order valence-electron chi connectivity index (χ4n) is 3.32. The zero-order valence-corrected chi connectivity index (χ0v) is 12.8. The van der Waals surface area contributed by atoms with Gasteiger partial charge in [0.15, 0.2) is 0 Å². The number of fused-ring (bicyclic) bond motifs is 1. The van der Waals surface area contributed by atoms with Gasteiger partial charge >= 0.3 is 0 Å². The van der Waals surface area contributed by atoms with E-state index in [9.17, 15) is 9.59 Å². The summed E-state index contributed by atoms with van der Waals surface area (Å²) in [7, 11) is 0. The molecule has 6 nitrogen and oxygen atoms in total.